The number of hydrogen-bond acceptors (Lipinski definition) is 3. The van der Waals surface area contributed by atoms with Gasteiger partial charge in [0, 0.05) is 19.3 Å². The summed E-state index contributed by atoms with van der Waals surface area (Å²) in [5.41, 5.74) is 0.766. The van der Waals surface area contributed by atoms with E-state index in [-0.39, 0.29) is 17.4 Å². The number of methoxy groups -OCH3 is 1. The lowest BCUT2D eigenvalue weighted by atomic mass is 10.2. The fourth-order valence-corrected chi connectivity index (χ4v) is 2.01. The van der Waals surface area contributed by atoms with Crippen molar-refractivity contribution in [2.24, 2.45) is 0 Å². The Morgan fingerprint density at radius 2 is 2.10 bits per heavy atom. The molecule has 0 aliphatic rings. The second-order valence-electron chi connectivity index (χ2n) is 4.42. The van der Waals surface area contributed by atoms with Gasteiger partial charge in [0.15, 0.2) is 0 Å². The summed E-state index contributed by atoms with van der Waals surface area (Å²) in [4.78, 5) is 0. The lowest BCUT2D eigenvalue weighted by Gasteiger charge is -2.02. The first-order valence-electron chi connectivity index (χ1n) is 6.44. The highest BCUT2D eigenvalue weighted by Gasteiger charge is 2.07. The van der Waals surface area contributed by atoms with E-state index in [9.17, 15) is 4.39 Å². The number of ether oxygens (including phenoxy) is 1. The zero-order valence-corrected chi connectivity index (χ0v) is 13.3. The first kappa shape index (κ1) is 18.0. The molecule has 1 aromatic carbocycles. The molecular formula is C15H18Cl2FNO2. The van der Waals surface area contributed by atoms with Gasteiger partial charge in [-0.2, -0.15) is 0 Å². The molecule has 0 unspecified atom stereocenters. The van der Waals surface area contributed by atoms with Crippen LogP contribution in [0.4, 0.5) is 4.39 Å². The monoisotopic (exact) mass is 333 g/mol. The fraction of sp³-hybridized carbons (Fsp3) is 0.333. The maximum Gasteiger partial charge on any atom is 0.141 e. The quantitative estimate of drug-likeness (QED) is 0.767. The molecule has 3 nitrogen and oxygen atoms in total. The van der Waals surface area contributed by atoms with E-state index in [0.717, 1.165) is 30.9 Å². The molecule has 0 aliphatic carbocycles. The predicted octanol–water partition coefficient (Wildman–Crippen LogP) is 4.29. The smallest absolute Gasteiger partial charge is 0.141 e. The normalized spacial score (nSPS) is 10.4. The van der Waals surface area contributed by atoms with Crippen LogP contribution in [0.25, 0.3) is 11.3 Å². The van der Waals surface area contributed by atoms with Crippen LogP contribution in [-0.4, -0.2) is 20.3 Å². The minimum absolute atomic E-state index is 0. The first-order chi connectivity index (χ1) is 9.70. The van der Waals surface area contributed by atoms with Crippen molar-refractivity contribution in [1.82, 2.24) is 5.32 Å². The van der Waals surface area contributed by atoms with Crippen molar-refractivity contribution in [2.75, 3.05) is 20.3 Å². The van der Waals surface area contributed by atoms with Crippen molar-refractivity contribution in [3.63, 3.8) is 0 Å². The molecule has 21 heavy (non-hydrogen) atoms. The Labute approximate surface area is 134 Å². The number of furan rings is 1. The van der Waals surface area contributed by atoms with Crippen LogP contribution in [0.15, 0.2) is 34.7 Å². The minimum Gasteiger partial charge on any atom is -0.460 e. The molecule has 0 saturated carbocycles. The van der Waals surface area contributed by atoms with Gasteiger partial charge in [0.25, 0.3) is 0 Å². The van der Waals surface area contributed by atoms with Crippen LogP contribution in [0.3, 0.4) is 0 Å². The Hall–Kier alpha value is -1.07. The molecule has 0 radical (unpaired) electrons. The Morgan fingerprint density at radius 3 is 2.81 bits per heavy atom. The summed E-state index contributed by atoms with van der Waals surface area (Å²) in [6, 6.07) is 8.30. The Balaban J connectivity index is 0.00000220. The molecular weight excluding hydrogens is 316 g/mol. The summed E-state index contributed by atoms with van der Waals surface area (Å²) in [7, 11) is 1.69. The standard InChI is InChI=1S/C15H17ClFNO2.ClH/c1-19-8-2-7-18-10-12-4-6-15(20-12)11-3-5-14(17)13(16)9-11;/h3-6,9,18H,2,7-8,10H2,1H3;1H. The molecule has 0 aliphatic heterocycles. The van der Waals surface area contributed by atoms with Crippen molar-refractivity contribution in [1.29, 1.82) is 0 Å². The van der Waals surface area contributed by atoms with Crippen molar-refractivity contribution >= 4 is 24.0 Å². The van der Waals surface area contributed by atoms with Crippen molar-refractivity contribution in [3.8, 4) is 11.3 Å². The molecule has 1 N–H and O–H groups in total. The van der Waals surface area contributed by atoms with Crippen molar-refractivity contribution < 1.29 is 13.5 Å². The third kappa shape index (κ3) is 5.32. The summed E-state index contributed by atoms with van der Waals surface area (Å²) in [6.07, 6.45) is 0.956. The van der Waals surface area contributed by atoms with E-state index < -0.39 is 5.82 Å². The zero-order chi connectivity index (χ0) is 14.4. The molecule has 0 saturated heterocycles. The highest BCUT2D eigenvalue weighted by Crippen LogP contribution is 2.26. The topological polar surface area (TPSA) is 34.4 Å². The SMILES string of the molecule is COCCCNCc1ccc(-c2ccc(F)c(Cl)c2)o1.Cl. The molecule has 0 amide bonds. The van der Waals surface area contributed by atoms with Crippen LogP contribution in [-0.2, 0) is 11.3 Å². The van der Waals surface area contributed by atoms with E-state index >= 15 is 0 Å². The van der Waals surface area contributed by atoms with Crippen LogP contribution in [0, 0.1) is 5.82 Å². The van der Waals surface area contributed by atoms with Gasteiger partial charge in [-0.15, -0.1) is 12.4 Å². The molecule has 1 heterocycles. The Bertz CT molecular complexity index is 560. The van der Waals surface area contributed by atoms with E-state index in [1.807, 2.05) is 12.1 Å². The summed E-state index contributed by atoms with van der Waals surface area (Å²) in [6.45, 7) is 2.26. The number of nitrogens with one attached hydrogen (secondary N) is 1. The number of rotatable bonds is 7. The average Bonchev–Trinajstić information content (AvgIpc) is 2.90. The van der Waals surface area contributed by atoms with E-state index in [4.69, 9.17) is 20.8 Å². The lowest BCUT2D eigenvalue weighted by Crippen LogP contribution is -2.15. The largest absolute Gasteiger partial charge is 0.460 e. The van der Waals surface area contributed by atoms with Crippen molar-refractivity contribution in [3.05, 3.63) is 46.9 Å². The maximum absolute atomic E-state index is 13.1. The molecule has 116 valence electrons. The third-order valence-corrected chi connectivity index (χ3v) is 3.16. The molecule has 0 spiro atoms. The Morgan fingerprint density at radius 1 is 1.29 bits per heavy atom. The number of halogens is 3. The number of hydrogen-bond donors (Lipinski definition) is 1. The summed E-state index contributed by atoms with van der Waals surface area (Å²) < 4.78 is 23.8. The van der Waals surface area contributed by atoms with E-state index in [0.29, 0.717) is 12.3 Å². The van der Waals surface area contributed by atoms with Gasteiger partial charge < -0.3 is 14.5 Å². The molecule has 2 rings (SSSR count). The molecule has 0 bridgehead atoms. The van der Waals surface area contributed by atoms with Gasteiger partial charge in [0.2, 0.25) is 0 Å². The molecule has 1 aromatic heterocycles. The minimum atomic E-state index is -0.429. The van der Waals surface area contributed by atoms with Crippen LogP contribution in [0.2, 0.25) is 5.02 Å². The van der Waals surface area contributed by atoms with Gasteiger partial charge in [0.05, 0.1) is 11.6 Å². The maximum atomic E-state index is 13.1. The molecule has 0 fully saturated rings. The number of benzene rings is 1. The van der Waals surface area contributed by atoms with Crippen LogP contribution in [0.1, 0.15) is 12.2 Å². The summed E-state index contributed by atoms with van der Waals surface area (Å²) >= 11 is 5.76. The van der Waals surface area contributed by atoms with Crippen LogP contribution >= 0.6 is 24.0 Å². The molecule has 2 aromatic rings. The Kier molecular flexibility index (Phi) is 7.75. The van der Waals surface area contributed by atoms with Crippen molar-refractivity contribution in [2.45, 2.75) is 13.0 Å². The van der Waals surface area contributed by atoms with Crippen LogP contribution in [0.5, 0.6) is 0 Å². The van der Waals surface area contributed by atoms with Crippen LogP contribution < -0.4 is 5.32 Å². The highest BCUT2D eigenvalue weighted by molar-refractivity contribution is 6.31. The first-order valence-corrected chi connectivity index (χ1v) is 6.82. The average molecular weight is 334 g/mol. The molecule has 0 atom stereocenters. The summed E-state index contributed by atoms with van der Waals surface area (Å²) in [5.74, 6) is 1.08. The molecule has 6 heteroatoms. The predicted molar refractivity (Wildman–Crippen MR) is 84.6 cm³/mol. The van der Waals surface area contributed by atoms with Gasteiger partial charge in [-0.25, -0.2) is 4.39 Å². The van der Waals surface area contributed by atoms with E-state index in [1.54, 1.807) is 19.2 Å². The van der Waals surface area contributed by atoms with Gasteiger partial charge in [-0.1, -0.05) is 11.6 Å². The zero-order valence-electron chi connectivity index (χ0n) is 11.7. The van der Waals surface area contributed by atoms with Gasteiger partial charge in [0.1, 0.15) is 17.3 Å². The van der Waals surface area contributed by atoms with Gasteiger partial charge in [-0.3, -0.25) is 0 Å². The second-order valence-corrected chi connectivity index (χ2v) is 4.83. The van der Waals surface area contributed by atoms with Gasteiger partial charge in [-0.05, 0) is 43.3 Å². The van der Waals surface area contributed by atoms with E-state index in [1.165, 1.54) is 6.07 Å². The third-order valence-electron chi connectivity index (χ3n) is 2.87. The van der Waals surface area contributed by atoms with E-state index in [2.05, 4.69) is 5.32 Å². The van der Waals surface area contributed by atoms with Gasteiger partial charge >= 0.3 is 0 Å². The second kappa shape index (κ2) is 9.05. The fourth-order valence-electron chi connectivity index (χ4n) is 1.83. The summed E-state index contributed by atoms with van der Waals surface area (Å²) in [5, 5.41) is 3.36. The highest BCUT2D eigenvalue weighted by atomic mass is 35.5. The lowest BCUT2D eigenvalue weighted by molar-refractivity contribution is 0.194.